The Morgan fingerprint density at radius 2 is 1.58 bits per heavy atom. The maximum absolute atomic E-state index is 12.4. The zero-order valence-electron chi connectivity index (χ0n) is 15.7. The molecule has 2 amide bonds. The SMILES string of the molecule is CC(=O)N[C@@H](CC(=O)NCc1ccccc1CN(C)C)c1ccccc1. The fraction of sp³-hybridized carbons (Fsp3) is 0.333. The standard InChI is InChI=1S/C21H27N3O2/c1-16(25)23-20(17-9-5-4-6-10-17)13-21(26)22-14-18-11-7-8-12-19(18)15-24(2)3/h4-12,20H,13-15H2,1-3H3,(H,22,26)(H,23,25)/t20-/m0/s1. The van der Waals surface area contributed by atoms with Crippen molar-refractivity contribution < 1.29 is 9.59 Å². The molecule has 26 heavy (non-hydrogen) atoms. The zero-order chi connectivity index (χ0) is 18.9. The van der Waals surface area contributed by atoms with Crippen molar-refractivity contribution in [2.75, 3.05) is 14.1 Å². The zero-order valence-corrected chi connectivity index (χ0v) is 15.7. The average molecular weight is 353 g/mol. The molecule has 0 spiro atoms. The van der Waals surface area contributed by atoms with Gasteiger partial charge in [-0.2, -0.15) is 0 Å². The van der Waals surface area contributed by atoms with Gasteiger partial charge in [-0.3, -0.25) is 9.59 Å². The molecule has 0 heterocycles. The van der Waals surface area contributed by atoms with Crippen LogP contribution < -0.4 is 10.6 Å². The summed E-state index contributed by atoms with van der Waals surface area (Å²) in [5, 5.41) is 5.83. The van der Waals surface area contributed by atoms with Crippen LogP contribution in [0.25, 0.3) is 0 Å². The summed E-state index contributed by atoms with van der Waals surface area (Å²) in [6.07, 6.45) is 0.208. The van der Waals surface area contributed by atoms with Crippen molar-refractivity contribution in [1.29, 1.82) is 0 Å². The first-order valence-corrected chi connectivity index (χ1v) is 8.76. The van der Waals surface area contributed by atoms with E-state index in [1.807, 2.05) is 62.6 Å². The molecule has 1 atom stereocenters. The highest BCUT2D eigenvalue weighted by atomic mass is 16.2. The summed E-state index contributed by atoms with van der Waals surface area (Å²) >= 11 is 0. The van der Waals surface area contributed by atoms with Gasteiger partial charge in [0.1, 0.15) is 0 Å². The van der Waals surface area contributed by atoms with Gasteiger partial charge >= 0.3 is 0 Å². The van der Waals surface area contributed by atoms with Gasteiger partial charge in [0, 0.05) is 20.0 Å². The number of nitrogens with zero attached hydrogens (tertiary/aromatic N) is 1. The summed E-state index contributed by atoms with van der Waals surface area (Å²) in [6, 6.07) is 17.3. The molecule has 0 radical (unpaired) electrons. The van der Waals surface area contributed by atoms with Gasteiger partial charge in [-0.1, -0.05) is 54.6 Å². The third-order valence-corrected chi connectivity index (χ3v) is 4.05. The van der Waals surface area contributed by atoms with E-state index in [1.54, 1.807) is 0 Å². The third-order valence-electron chi connectivity index (χ3n) is 4.05. The van der Waals surface area contributed by atoms with Gasteiger partial charge in [-0.25, -0.2) is 0 Å². The maximum atomic E-state index is 12.4. The minimum Gasteiger partial charge on any atom is -0.352 e. The van der Waals surface area contributed by atoms with Crippen LogP contribution in [0.1, 0.15) is 36.1 Å². The lowest BCUT2D eigenvalue weighted by molar-refractivity contribution is -0.122. The Morgan fingerprint density at radius 1 is 0.962 bits per heavy atom. The lowest BCUT2D eigenvalue weighted by atomic mass is 10.0. The number of rotatable bonds is 8. The molecule has 0 unspecified atom stereocenters. The molecule has 2 aromatic carbocycles. The first kappa shape index (κ1) is 19.7. The Bertz CT molecular complexity index is 729. The molecular formula is C21H27N3O2. The van der Waals surface area contributed by atoms with Crippen LogP contribution in [-0.2, 0) is 22.7 Å². The fourth-order valence-corrected chi connectivity index (χ4v) is 2.86. The van der Waals surface area contributed by atoms with Crippen LogP contribution >= 0.6 is 0 Å². The Labute approximate surface area is 155 Å². The quantitative estimate of drug-likeness (QED) is 0.767. The summed E-state index contributed by atoms with van der Waals surface area (Å²) in [5.74, 6) is -0.241. The first-order valence-electron chi connectivity index (χ1n) is 8.76. The van der Waals surface area contributed by atoms with E-state index in [4.69, 9.17) is 0 Å². The van der Waals surface area contributed by atoms with Crippen LogP contribution in [0.15, 0.2) is 54.6 Å². The van der Waals surface area contributed by atoms with Gasteiger partial charge in [0.2, 0.25) is 11.8 Å². The molecule has 0 fully saturated rings. The van der Waals surface area contributed by atoms with E-state index in [0.717, 1.165) is 17.7 Å². The Hall–Kier alpha value is -2.66. The summed E-state index contributed by atoms with van der Waals surface area (Å²) in [5.41, 5.74) is 3.22. The average Bonchev–Trinajstić information content (AvgIpc) is 2.60. The van der Waals surface area contributed by atoms with E-state index in [0.29, 0.717) is 6.54 Å². The van der Waals surface area contributed by atoms with Crippen LogP contribution in [0.3, 0.4) is 0 Å². The minimum absolute atomic E-state index is 0.0905. The van der Waals surface area contributed by atoms with Crippen molar-refractivity contribution in [2.45, 2.75) is 32.5 Å². The van der Waals surface area contributed by atoms with Crippen molar-refractivity contribution in [3.8, 4) is 0 Å². The van der Waals surface area contributed by atoms with E-state index in [1.165, 1.54) is 12.5 Å². The summed E-state index contributed by atoms with van der Waals surface area (Å²) in [4.78, 5) is 26.0. The molecule has 0 saturated carbocycles. The highest BCUT2D eigenvalue weighted by molar-refractivity contribution is 5.79. The highest BCUT2D eigenvalue weighted by Gasteiger charge is 2.17. The van der Waals surface area contributed by atoms with Gasteiger partial charge in [-0.15, -0.1) is 0 Å². The largest absolute Gasteiger partial charge is 0.352 e. The molecule has 5 heteroatoms. The molecule has 0 aliphatic carbocycles. The van der Waals surface area contributed by atoms with E-state index in [9.17, 15) is 9.59 Å². The van der Waals surface area contributed by atoms with Crippen LogP contribution in [0.2, 0.25) is 0 Å². The molecule has 0 aliphatic heterocycles. The molecule has 138 valence electrons. The van der Waals surface area contributed by atoms with Gasteiger partial charge in [0.15, 0.2) is 0 Å². The van der Waals surface area contributed by atoms with E-state index >= 15 is 0 Å². The number of amides is 2. The van der Waals surface area contributed by atoms with Crippen LogP contribution in [-0.4, -0.2) is 30.8 Å². The monoisotopic (exact) mass is 353 g/mol. The van der Waals surface area contributed by atoms with E-state index in [-0.39, 0.29) is 24.3 Å². The van der Waals surface area contributed by atoms with Gasteiger partial charge < -0.3 is 15.5 Å². The molecule has 2 rings (SSSR count). The fourth-order valence-electron chi connectivity index (χ4n) is 2.86. The van der Waals surface area contributed by atoms with Crippen molar-refractivity contribution in [1.82, 2.24) is 15.5 Å². The molecular weight excluding hydrogens is 326 g/mol. The Morgan fingerprint density at radius 3 is 2.19 bits per heavy atom. The summed E-state index contributed by atoms with van der Waals surface area (Å²) in [6.45, 7) is 2.76. The van der Waals surface area contributed by atoms with Crippen molar-refractivity contribution in [3.63, 3.8) is 0 Å². The first-order chi connectivity index (χ1) is 12.5. The van der Waals surface area contributed by atoms with Crippen LogP contribution in [0, 0.1) is 0 Å². The lowest BCUT2D eigenvalue weighted by Gasteiger charge is -2.19. The predicted molar refractivity (Wildman–Crippen MR) is 103 cm³/mol. The number of nitrogens with one attached hydrogen (secondary N) is 2. The van der Waals surface area contributed by atoms with Gasteiger partial charge in [-0.05, 0) is 30.8 Å². The van der Waals surface area contributed by atoms with Gasteiger partial charge in [0.05, 0.1) is 12.5 Å². The second-order valence-corrected chi connectivity index (χ2v) is 6.65. The topological polar surface area (TPSA) is 61.4 Å². The van der Waals surface area contributed by atoms with Crippen LogP contribution in [0.4, 0.5) is 0 Å². The molecule has 0 saturated heterocycles. The summed E-state index contributed by atoms with van der Waals surface area (Å²) in [7, 11) is 4.04. The Balaban J connectivity index is 1.99. The van der Waals surface area contributed by atoms with Crippen molar-refractivity contribution in [2.24, 2.45) is 0 Å². The highest BCUT2D eigenvalue weighted by Crippen LogP contribution is 2.17. The van der Waals surface area contributed by atoms with E-state index < -0.39 is 0 Å². The number of hydrogen-bond acceptors (Lipinski definition) is 3. The number of hydrogen-bond donors (Lipinski definition) is 2. The molecule has 2 N–H and O–H groups in total. The normalized spacial score (nSPS) is 11.8. The number of carbonyl (C=O) groups excluding carboxylic acids is 2. The molecule has 0 aromatic heterocycles. The summed E-state index contributed by atoms with van der Waals surface area (Å²) < 4.78 is 0. The van der Waals surface area contributed by atoms with Crippen molar-refractivity contribution >= 4 is 11.8 Å². The number of carbonyl (C=O) groups is 2. The lowest BCUT2D eigenvalue weighted by Crippen LogP contribution is -2.32. The van der Waals surface area contributed by atoms with Crippen molar-refractivity contribution in [3.05, 3.63) is 71.3 Å². The smallest absolute Gasteiger partial charge is 0.222 e. The second-order valence-electron chi connectivity index (χ2n) is 6.65. The van der Waals surface area contributed by atoms with E-state index in [2.05, 4.69) is 21.6 Å². The number of benzene rings is 2. The minimum atomic E-state index is -0.328. The van der Waals surface area contributed by atoms with Crippen LogP contribution in [0.5, 0.6) is 0 Å². The molecule has 0 aliphatic rings. The third kappa shape index (κ3) is 6.33. The molecule has 0 bridgehead atoms. The Kier molecular flexibility index (Phi) is 7.36. The second kappa shape index (κ2) is 9.73. The van der Waals surface area contributed by atoms with Gasteiger partial charge in [0.25, 0.3) is 0 Å². The predicted octanol–water partition coefficient (Wildman–Crippen LogP) is 2.63. The maximum Gasteiger partial charge on any atom is 0.222 e. The molecule has 5 nitrogen and oxygen atoms in total. The molecule has 2 aromatic rings.